The highest BCUT2D eigenvalue weighted by atomic mass is 16.6. The fraction of sp³-hybridized carbons (Fsp3) is 0.308. The van der Waals surface area contributed by atoms with E-state index in [0.717, 1.165) is 6.42 Å². The Morgan fingerprint density at radius 1 is 1.31 bits per heavy atom. The van der Waals surface area contributed by atoms with E-state index >= 15 is 0 Å². The first kappa shape index (κ1) is 10.7. The van der Waals surface area contributed by atoms with E-state index in [1.807, 2.05) is 25.1 Å². The summed E-state index contributed by atoms with van der Waals surface area (Å²) in [5.74, 6) is -0.340. The number of cyclic esters (lactones) is 1. The van der Waals surface area contributed by atoms with Crippen LogP contribution in [0.5, 0.6) is 0 Å². The van der Waals surface area contributed by atoms with Crippen LogP contribution in [0.4, 0.5) is 0 Å². The molecule has 0 aliphatic carbocycles. The van der Waals surface area contributed by atoms with E-state index in [2.05, 4.69) is 12.1 Å². The van der Waals surface area contributed by atoms with Crippen molar-refractivity contribution in [1.82, 2.24) is 0 Å². The molecule has 1 heterocycles. The summed E-state index contributed by atoms with van der Waals surface area (Å²) in [4.78, 5) is 11.1. The Hall–Kier alpha value is -1.77. The summed E-state index contributed by atoms with van der Waals surface area (Å²) in [6, 6.07) is 10.1. The van der Waals surface area contributed by atoms with E-state index in [0.29, 0.717) is 12.1 Å². The van der Waals surface area contributed by atoms with Gasteiger partial charge in [0.15, 0.2) is 0 Å². The Bertz CT molecular complexity index is 425. The summed E-state index contributed by atoms with van der Waals surface area (Å²) < 4.78 is 5.23. The third-order valence-electron chi connectivity index (χ3n) is 2.94. The van der Waals surface area contributed by atoms with Gasteiger partial charge in [-0.25, -0.2) is 4.79 Å². The molecule has 0 spiro atoms. The maximum atomic E-state index is 11.1. The molecule has 1 aliphatic rings. The summed E-state index contributed by atoms with van der Waals surface area (Å²) in [5, 5.41) is 0. The fourth-order valence-electron chi connectivity index (χ4n) is 1.81. The van der Waals surface area contributed by atoms with Crippen molar-refractivity contribution < 1.29 is 9.53 Å². The monoisotopic (exact) mass is 217 g/mol. The maximum Gasteiger partial charge on any atom is 0.333 e. The van der Waals surface area contributed by atoms with Crippen molar-refractivity contribution in [1.29, 1.82) is 0 Å². The zero-order valence-electron chi connectivity index (χ0n) is 9.27. The first-order chi connectivity index (χ1) is 7.60. The molecule has 0 bridgehead atoms. The second-order valence-electron chi connectivity index (χ2n) is 4.24. The molecule has 3 nitrogen and oxygen atoms in total. The topological polar surface area (TPSA) is 52.3 Å². The fourth-order valence-corrected chi connectivity index (χ4v) is 1.81. The van der Waals surface area contributed by atoms with E-state index in [9.17, 15) is 4.79 Å². The van der Waals surface area contributed by atoms with Gasteiger partial charge in [-0.1, -0.05) is 30.3 Å². The summed E-state index contributed by atoms with van der Waals surface area (Å²) in [5.41, 5.74) is 6.89. The van der Waals surface area contributed by atoms with Crippen LogP contribution < -0.4 is 5.73 Å². The zero-order chi connectivity index (χ0) is 11.6. The van der Waals surface area contributed by atoms with Gasteiger partial charge in [0, 0.05) is 6.08 Å². The van der Waals surface area contributed by atoms with E-state index < -0.39 is 5.60 Å². The van der Waals surface area contributed by atoms with Gasteiger partial charge in [0.25, 0.3) is 0 Å². The van der Waals surface area contributed by atoms with Gasteiger partial charge in [0.1, 0.15) is 5.60 Å². The summed E-state index contributed by atoms with van der Waals surface area (Å²) in [6.07, 6.45) is 2.93. The normalized spacial score (nSPS) is 24.1. The molecule has 1 atom stereocenters. The van der Waals surface area contributed by atoms with E-state index in [4.69, 9.17) is 10.5 Å². The predicted octanol–water partition coefficient (Wildman–Crippen LogP) is 1.78. The highest BCUT2D eigenvalue weighted by Gasteiger charge is 2.36. The van der Waals surface area contributed by atoms with Crippen LogP contribution in [0.25, 0.3) is 0 Å². The van der Waals surface area contributed by atoms with Gasteiger partial charge in [-0.3, -0.25) is 0 Å². The summed E-state index contributed by atoms with van der Waals surface area (Å²) >= 11 is 0. The third-order valence-corrected chi connectivity index (χ3v) is 2.94. The smallest absolute Gasteiger partial charge is 0.333 e. The molecule has 0 radical (unpaired) electrons. The molecule has 0 saturated carbocycles. The van der Waals surface area contributed by atoms with Gasteiger partial charge in [-0.05, 0) is 25.3 Å². The minimum Gasteiger partial charge on any atom is -0.450 e. The average Bonchev–Trinajstić information content (AvgIpc) is 2.52. The number of rotatable bonds is 3. The lowest BCUT2D eigenvalue weighted by Crippen LogP contribution is -2.32. The molecule has 1 aliphatic heterocycles. The SMILES string of the molecule is C[C@@]1(CCc2ccccc2)OC(=O)C=C1N. The number of esters is 1. The molecule has 1 aromatic rings. The molecule has 2 N–H and O–H groups in total. The highest BCUT2D eigenvalue weighted by Crippen LogP contribution is 2.29. The molecule has 3 heteroatoms. The number of ether oxygens (including phenoxy) is 1. The minimum atomic E-state index is -0.632. The first-order valence-corrected chi connectivity index (χ1v) is 5.35. The van der Waals surface area contributed by atoms with Gasteiger partial charge >= 0.3 is 5.97 Å². The van der Waals surface area contributed by atoms with Crippen molar-refractivity contribution in [2.45, 2.75) is 25.4 Å². The maximum absolute atomic E-state index is 11.1. The zero-order valence-corrected chi connectivity index (χ0v) is 9.27. The second-order valence-corrected chi connectivity index (χ2v) is 4.24. The van der Waals surface area contributed by atoms with Gasteiger partial charge in [-0.2, -0.15) is 0 Å². The van der Waals surface area contributed by atoms with Gasteiger partial charge < -0.3 is 10.5 Å². The van der Waals surface area contributed by atoms with Crippen molar-refractivity contribution in [3.05, 3.63) is 47.7 Å². The molecular formula is C13H15NO2. The summed E-state index contributed by atoms with van der Waals surface area (Å²) in [6.45, 7) is 1.85. The lowest BCUT2D eigenvalue weighted by Gasteiger charge is -2.24. The van der Waals surface area contributed by atoms with Crippen LogP contribution in [0.3, 0.4) is 0 Å². The molecule has 0 fully saturated rings. The number of hydrogen-bond donors (Lipinski definition) is 1. The van der Waals surface area contributed by atoms with Gasteiger partial charge in [0.05, 0.1) is 5.70 Å². The number of aryl methyl sites for hydroxylation is 1. The number of hydrogen-bond acceptors (Lipinski definition) is 3. The van der Waals surface area contributed by atoms with Crippen LogP contribution in [0.1, 0.15) is 18.9 Å². The Kier molecular flexibility index (Phi) is 2.69. The van der Waals surface area contributed by atoms with Crippen LogP contribution >= 0.6 is 0 Å². The van der Waals surface area contributed by atoms with Gasteiger partial charge in [-0.15, -0.1) is 0 Å². The number of carbonyl (C=O) groups is 1. The largest absolute Gasteiger partial charge is 0.450 e. The molecule has 16 heavy (non-hydrogen) atoms. The van der Waals surface area contributed by atoms with Crippen molar-refractivity contribution >= 4 is 5.97 Å². The van der Waals surface area contributed by atoms with Gasteiger partial charge in [0.2, 0.25) is 0 Å². The predicted molar refractivity (Wildman–Crippen MR) is 61.5 cm³/mol. The Labute approximate surface area is 94.9 Å². The van der Waals surface area contributed by atoms with Crippen molar-refractivity contribution in [2.75, 3.05) is 0 Å². The molecule has 0 amide bonds. The summed E-state index contributed by atoms with van der Waals surface area (Å²) in [7, 11) is 0. The number of benzene rings is 1. The van der Waals surface area contributed by atoms with Crippen LogP contribution in [0, 0.1) is 0 Å². The molecule has 0 unspecified atom stereocenters. The van der Waals surface area contributed by atoms with Crippen LogP contribution in [0.15, 0.2) is 42.1 Å². The lowest BCUT2D eigenvalue weighted by atomic mass is 9.94. The van der Waals surface area contributed by atoms with Crippen LogP contribution in [-0.4, -0.2) is 11.6 Å². The first-order valence-electron chi connectivity index (χ1n) is 5.35. The second kappa shape index (κ2) is 4.00. The van der Waals surface area contributed by atoms with Crippen LogP contribution in [0.2, 0.25) is 0 Å². The number of carbonyl (C=O) groups excluding carboxylic acids is 1. The molecule has 0 aromatic heterocycles. The highest BCUT2D eigenvalue weighted by molar-refractivity contribution is 5.86. The quantitative estimate of drug-likeness (QED) is 0.785. The third kappa shape index (κ3) is 2.08. The molecule has 0 saturated heterocycles. The Morgan fingerprint density at radius 3 is 2.56 bits per heavy atom. The van der Waals surface area contributed by atoms with E-state index in [1.165, 1.54) is 11.6 Å². The number of nitrogens with two attached hydrogens (primary N) is 1. The van der Waals surface area contributed by atoms with Crippen molar-refractivity contribution in [3.8, 4) is 0 Å². The average molecular weight is 217 g/mol. The van der Waals surface area contributed by atoms with E-state index in [1.54, 1.807) is 0 Å². The minimum absolute atomic E-state index is 0.340. The molecule has 2 rings (SSSR count). The molecule has 1 aromatic carbocycles. The Balaban J connectivity index is 2.01. The van der Waals surface area contributed by atoms with Crippen molar-refractivity contribution in [3.63, 3.8) is 0 Å². The lowest BCUT2D eigenvalue weighted by molar-refractivity contribution is -0.145. The Morgan fingerprint density at radius 2 is 2.00 bits per heavy atom. The van der Waals surface area contributed by atoms with Crippen LogP contribution in [-0.2, 0) is 16.0 Å². The molecule has 84 valence electrons. The van der Waals surface area contributed by atoms with E-state index in [-0.39, 0.29) is 5.97 Å². The standard InChI is InChI=1S/C13H15NO2/c1-13(11(14)9-12(15)16-13)8-7-10-5-3-2-4-6-10/h2-6,9H,7-8,14H2,1H3/t13-/m0/s1. The molecular weight excluding hydrogens is 202 g/mol. The van der Waals surface area contributed by atoms with Crippen molar-refractivity contribution in [2.24, 2.45) is 5.73 Å².